The molecule has 1 aromatic heterocycles. The van der Waals surface area contributed by atoms with Crippen LogP contribution in [0.5, 0.6) is 0 Å². The molecule has 1 amide bonds. The molecule has 1 fully saturated rings. The first-order valence-corrected chi connectivity index (χ1v) is 11.2. The second-order valence-electron chi connectivity index (χ2n) is 8.45. The van der Waals surface area contributed by atoms with E-state index in [0.29, 0.717) is 18.8 Å². The van der Waals surface area contributed by atoms with Gasteiger partial charge in [0, 0.05) is 43.5 Å². The van der Waals surface area contributed by atoms with Crippen molar-refractivity contribution >= 4 is 22.4 Å². The van der Waals surface area contributed by atoms with Crippen LogP contribution in [0.1, 0.15) is 5.56 Å². The van der Waals surface area contributed by atoms with E-state index < -0.39 is 0 Å². The molecule has 0 bridgehead atoms. The van der Waals surface area contributed by atoms with Gasteiger partial charge in [0.05, 0.1) is 5.69 Å². The number of anilines is 1. The number of aryl methyl sites for hydroxylation is 1. The van der Waals surface area contributed by atoms with E-state index >= 15 is 0 Å². The normalized spacial score (nSPS) is 14.0. The molecule has 0 aliphatic carbocycles. The van der Waals surface area contributed by atoms with Gasteiger partial charge in [0.2, 0.25) is 5.91 Å². The number of hydrogen-bond acceptors (Lipinski definition) is 4. The van der Waals surface area contributed by atoms with Gasteiger partial charge in [-0.1, -0.05) is 54.6 Å². The molecule has 0 radical (unpaired) electrons. The van der Waals surface area contributed by atoms with Crippen molar-refractivity contribution in [3.8, 4) is 11.3 Å². The number of amides is 1. The Morgan fingerprint density at radius 2 is 1.64 bits per heavy atom. The van der Waals surface area contributed by atoms with Gasteiger partial charge in [-0.3, -0.25) is 9.59 Å². The average Bonchev–Trinajstić information content (AvgIpc) is 2.85. The van der Waals surface area contributed by atoms with Gasteiger partial charge in [-0.15, -0.1) is 0 Å². The number of carbonyl (C=O) groups is 1. The van der Waals surface area contributed by atoms with Gasteiger partial charge < -0.3 is 9.80 Å². The lowest BCUT2D eigenvalue weighted by Gasteiger charge is -2.36. The zero-order chi connectivity index (χ0) is 22.8. The highest BCUT2D eigenvalue weighted by Gasteiger charge is 2.22. The number of benzene rings is 3. The Morgan fingerprint density at radius 3 is 2.45 bits per heavy atom. The van der Waals surface area contributed by atoms with Crippen molar-refractivity contribution < 1.29 is 4.79 Å². The van der Waals surface area contributed by atoms with E-state index in [1.165, 1.54) is 22.0 Å². The number of hydrogen-bond donors (Lipinski definition) is 0. The Kier molecular flexibility index (Phi) is 5.65. The van der Waals surface area contributed by atoms with Crippen LogP contribution in [0.2, 0.25) is 0 Å². The summed E-state index contributed by atoms with van der Waals surface area (Å²) in [4.78, 5) is 29.6. The summed E-state index contributed by atoms with van der Waals surface area (Å²) in [5.41, 5.74) is 3.76. The SMILES string of the molecule is Cc1cccc(N2CCN(C(=O)Cn3nc(-c4cccc5ccccc45)ccc3=O)CC2)c1. The van der Waals surface area contributed by atoms with Gasteiger partial charge in [-0.05, 0) is 41.5 Å². The summed E-state index contributed by atoms with van der Waals surface area (Å²) in [5.74, 6) is -0.0800. The predicted octanol–water partition coefficient (Wildman–Crippen LogP) is 3.72. The Hall–Kier alpha value is -3.93. The van der Waals surface area contributed by atoms with Crippen molar-refractivity contribution in [1.82, 2.24) is 14.7 Å². The summed E-state index contributed by atoms with van der Waals surface area (Å²) >= 11 is 0. The van der Waals surface area contributed by atoms with E-state index in [1.54, 1.807) is 6.07 Å². The molecule has 5 rings (SSSR count). The molecule has 0 unspecified atom stereocenters. The first-order valence-electron chi connectivity index (χ1n) is 11.2. The van der Waals surface area contributed by atoms with E-state index in [2.05, 4.69) is 53.3 Å². The second-order valence-corrected chi connectivity index (χ2v) is 8.45. The largest absolute Gasteiger partial charge is 0.368 e. The van der Waals surface area contributed by atoms with Crippen molar-refractivity contribution in [2.75, 3.05) is 31.1 Å². The van der Waals surface area contributed by atoms with E-state index in [9.17, 15) is 9.59 Å². The van der Waals surface area contributed by atoms with E-state index in [0.717, 1.165) is 29.4 Å². The van der Waals surface area contributed by atoms with E-state index in [-0.39, 0.29) is 18.0 Å². The third-order valence-corrected chi connectivity index (χ3v) is 6.22. The van der Waals surface area contributed by atoms with Crippen LogP contribution in [0.25, 0.3) is 22.0 Å². The average molecular weight is 439 g/mol. The summed E-state index contributed by atoms with van der Waals surface area (Å²) < 4.78 is 1.28. The highest BCUT2D eigenvalue weighted by Crippen LogP contribution is 2.26. The minimum atomic E-state index is -0.272. The Labute approximate surface area is 192 Å². The Balaban J connectivity index is 1.32. The molecule has 3 aromatic carbocycles. The van der Waals surface area contributed by atoms with Crippen LogP contribution in [-0.2, 0) is 11.3 Å². The maximum atomic E-state index is 13.0. The number of rotatable bonds is 4. The molecule has 2 heterocycles. The topological polar surface area (TPSA) is 58.4 Å². The fourth-order valence-corrected chi connectivity index (χ4v) is 4.42. The van der Waals surface area contributed by atoms with Crippen LogP contribution in [0.4, 0.5) is 5.69 Å². The lowest BCUT2D eigenvalue weighted by molar-refractivity contribution is -0.132. The lowest BCUT2D eigenvalue weighted by Crippen LogP contribution is -2.50. The van der Waals surface area contributed by atoms with Crippen LogP contribution < -0.4 is 10.5 Å². The Bertz CT molecular complexity index is 1360. The van der Waals surface area contributed by atoms with Crippen LogP contribution in [-0.4, -0.2) is 46.8 Å². The predicted molar refractivity (Wildman–Crippen MR) is 131 cm³/mol. The van der Waals surface area contributed by atoms with Gasteiger partial charge in [0.25, 0.3) is 5.56 Å². The van der Waals surface area contributed by atoms with E-state index in [1.807, 2.05) is 35.2 Å². The number of nitrogens with zero attached hydrogens (tertiary/aromatic N) is 4. The van der Waals surface area contributed by atoms with Crippen molar-refractivity contribution in [3.63, 3.8) is 0 Å². The standard InChI is InChI=1S/C27H26N4O2/c1-20-6-4-9-22(18-20)29-14-16-30(17-15-29)27(33)19-31-26(32)13-12-25(28-31)24-11-5-8-21-7-2-3-10-23(21)24/h2-13,18H,14-17,19H2,1H3. The third kappa shape index (κ3) is 4.37. The fraction of sp³-hybridized carbons (Fsp3) is 0.222. The monoisotopic (exact) mass is 438 g/mol. The zero-order valence-corrected chi connectivity index (χ0v) is 18.6. The highest BCUT2D eigenvalue weighted by molar-refractivity contribution is 5.95. The minimum absolute atomic E-state index is 0.0537. The molecule has 0 spiro atoms. The van der Waals surface area contributed by atoms with Gasteiger partial charge in [0.1, 0.15) is 6.54 Å². The van der Waals surface area contributed by atoms with Crippen LogP contribution in [0, 0.1) is 6.92 Å². The molecule has 166 valence electrons. The molecular weight excluding hydrogens is 412 g/mol. The maximum absolute atomic E-state index is 13.0. The number of carbonyl (C=O) groups excluding carboxylic acids is 1. The zero-order valence-electron chi connectivity index (χ0n) is 18.6. The summed E-state index contributed by atoms with van der Waals surface area (Å²) in [6, 6.07) is 25.7. The number of piperazine rings is 1. The number of fused-ring (bicyclic) bond motifs is 1. The molecule has 1 aliphatic rings. The van der Waals surface area contributed by atoms with Gasteiger partial charge in [0.15, 0.2) is 0 Å². The molecule has 0 N–H and O–H groups in total. The van der Waals surface area contributed by atoms with E-state index in [4.69, 9.17) is 0 Å². The molecule has 1 aliphatic heterocycles. The molecule has 1 saturated heterocycles. The third-order valence-electron chi connectivity index (χ3n) is 6.22. The summed E-state index contributed by atoms with van der Waals surface area (Å²) in [5, 5.41) is 6.72. The molecule has 4 aromatic rings. The molecule has 0 saturated carbocycles. The molecule has 6 nitrogen and oxygen atoms in total. The quantitative estimate of drug-likeness (QED) is 0.487. The van der Waals surface area contributed by atoms with Gasteiger partial charge in [-0.25, -0.2) is 4.68 Å². The second kappa shape index (κ2) is 8.90. The highest BCUT2D eigenvalue weighted by atomic mass is 16.2. The van der Waals surface area contributed by atoms with Crippen molar-refractivity contribution in [1.29, 1.82) is 0 Å². The minimum Gasteiger partial charge on any atom is -0.368 e. The maximum Gasteiger partial charge on any atom is 0.267 e. The smallest absolute Gasteiger partial charge is 0.267 e. The van der Waals surface area contributed by atoms with Crippen LogP contribution in [0.3, 0.4) is 0 Å². The molecule has 0 atom stereocenters. The van der Waals surface area contributed by atoms with Crippen molar-refractivity contribution in [3.05, 3.63) is 94.8 Å². The first-order chi connectivity index (χ1) is 16.1. The lowest BCUT2D eigenvalue weighted by atomic mass is 10.0. The van der Waals surface area contributed by atoms with Crippen LogP contribution in [0.15, 0.2) is 83.7 Å². The van der Waals surface area contributed by atoms with Crippen molar-refractivity contribution in [2.45, 2.75) is 13.5 Å². The van der Waals surface area contributed by atoms with Gasteiger partial charge in [-0.2, -0.15) is 5.10 Å². The summed E-state index contributed by atoms with van der Waals surface area (Å²) in [7, 11) is 0. The van der Waals surface area contributed by atoms with Crippen LogP contribution >= 0.6 is 0 Å². The summed E-state index contributed by atoms with van der Waals surface area (Å²) in [6.07, 6.45) is 0. The van der Waals surface area contributed by atoms with Gasteiger partial charge >= 0.3 is 0 Å². The number of aromatic nitrogens is 2. The summed E-state index contributed by atoms with van der Waals surface area (Å²) in [6.45, 7) is 4.83. The van der Waals surface area contributed by atoms with Crippen molar-refractivity contribution in [2.24, 2.45) is 0 Å². The molecule has 33 heavy (non-hydrogen) atoms. The first kappa shape index (κ1) is 20.9. The molecule has 6 heteroatoms. The Morgan fingerprint density at radius 1 is 0.879 bits per heavy atom. The molecular formula is C27H26N4O2. The fourth-order valence-electron chi connectivity index (χ4n) is 4.42.